The van der Waals surface area contributed by atoms with E-state index in [1.807, 2.05) is 155 Å². The summed E-state index contributed by atoms with van der Waals surface area (Å²) in [5.74, 6) is 0.780. The quantitative estimate of drug-likeness (QED) is 0.125. The predicted octanol–water partition coefficient (Wildman–Crippen LogP) is 18.2. The van der Waals surface area contributed by atoms with Gasteiger partial charge in [-0.05, 0) is 176 Å². The van der Waals surface area contributed by atoms with Gasteiger partial charge in [-0.2, -0.15) is 10.4 Å². The number of carbonyl (C=O) groups is 4. The molecule has 12 heterocycles. The molecule has 122 heavy (non-hydrogen) atoms. The van der Waals surface area contributed by atoms with Gasteiger partial charge >= 0.3 is 0 Å². The van der Waals surface area contributed by atoms with Crippen molar-refractivity contribution in [3.63, 3.8) is 0 Å². The third-order valence-corrected chi connectivity index (χ3v) is 25.2. The van der Waals surface area contributed by atoms with Gasteiger partial charge in [0.05, 0.1) is 84.1 Å². The van der Waals surface area contributed by atoms with Crippen LogP contribution in [-0.4, -0.2) is 140 Å². The smallest absolute Gasteiger partial charge is 0.260 e. The summed E-state index contributed by atoms with van der Waals surface area (Å²) < 4.78 is 93.3. The molecule has 4 fully saturated rings. The Hall–Kier alpha value is -13.1. The molecular formula is C97H92ClF3N10O11. The van der Waals surface area contributed by atoms with Crippen LogP contribution in [0.4, 0.5) is 13.2 Å². The van der Waals surface area contributed by atoms with E-state index in [4.69, 9.17) is 50.0 Å². The van der Waals surface area contributed by atoms with E-state index in [9.17, 15) is 32.3 Å². The monoisotopic (exact) mass is 1660 g/mol. The molecule has 20 rings (SSSR count). The number of likely N-dealkylation sites (tertiary alicyclic amines) is 4. The number of rotatable bonds is 10. The van der Waals surface area contributed by atoms with E-state index in [1.54, 1.807) is 18.1 Å². The van der Waals surface area contributed by atoms with Crippen molar-refractivity contribution in [1.29, 1.82) is 5.26 Å². The van der Waals surface area contributed by atoms with Crippen LogP contribution in [-0.2, 0) is 35.9 Å². The number of methoxy groups -OCH3 is 2. The Morgan fingerprint density at radius 1 is 0.492 bits per heavy atom. The second-order valence-corrected chi connectivity index (χ2v) is 32.3. The van der Waals surface area contributed by atoms with E-state index in [0.29, 0.717) is 112 Å². The molecule has 0 aliphatic carbocycles. The lowest BCUT2D eigenvalue weighted by molar-refractivity contribution is -0.00985. The van der Waals surface area contributed by atoms with Gasteiger partial charge < -0.3 is 66.5 Å². The molecule has 4 saturated heterocycles. The van der Waals surface area contributed by atoms with Gasteiger partial charge in [0.15, 0.2) is 39.9 Å². The summed E-state index contributed by atoms with van der Waals surface area (Å²) in [5, 5.41) is 13.9. The summed E-state index contributed by atoms with van der Waals surface area (Å²) in [7, 11) is 4.82. The molecule has 8 aromatic carbocycles. The molecule has 624 valence electrons. The summed E-state index contributed by atoms with van der Waals surface area (Å²) in [4.78, 5) is 59.3. The zero-order valence-electron chi connectivity index (χ0n) is 68.7. The van der Waals surface area contributed by atoms with E-state index in [2.05, 4.69) is 94.4 Å². The predicted molar refractivity (Wildman–Crippen MR) is 454 cm³/mol. The number of piperidine rings is 4. The van der Waals surface area contributed by atoms with Crippen LogP contribution in [0.2, 0.25) is 5.02 Å². The van der Waals surface area contributed by atoms with Crippen LogP contribution in [0.25, 0.3) is 28.3 Å². The van der Waals surface area contributed by atoms with Crippen molar-refractivity contribution in [3.05, 3.63) is 303 Å². The highest BCUT2D eigenvalue weighted by molar-refractivity contribution is 6.30. The standard InChI is InChI=1S/C26H28N2O4.C25H26N2O2.C23H17ClFN3O2.C23H21F2N3O3/c1-3-17-31-22-11-10-19(18-23(22)30-2)25(29)27-15-12-26(13-16-27)24-9-6-14-28(24)20-7-4-5-8-21(20)32-26;1-3-19-10-11-20(17-18(19)2)24(28)26-15-12-25(13-16-26)23-9-6-14-27(23)21-7-4-5-8-22(21)29-25;24-16-4-6-19-20(13-16)30-23(21-2-1-9-28(19)21)7-10-27(11-8-23)22(29)17-5-3-15(14-26)12-18(17)25;1-27-21-14-5-3-4-6-17(14)31-23(15(21)13-26-27)9-11-28(12-10-23)22(29)19-18(30-2)8-7-16(24)20(19)25/h4-11,14,18H,3,12-13,15-17H2,1-2H3;4-11,14,17H,3,12-13,15-16H2,1-2H3;1-6,9,12-13H,7-8,10-11H2;3-8,13H,9-12H2,1-2H3. The normalized spacial score (nSPS) is 16.4. The minimum absolute atomic E-state index is 0.00628. The lowest BCUT2D eigenvalue weighted by Crippen LogP contribution is -2.50. The number of amides is 4. The van der Waals surface area contributed by atoms with E-state index in [0.717, 1.165) is 119 Å². The topological polar surface area (TPSA) is 202 Å². The van der Waals surface area contributed by atoms with Gasteiger partial charge in [0.2, 0.25) is 0 Å². The van der Waals surface area contributed by atoms with Crippen molar-refractivity contribution in [2.24, 2.45) is 7.05 Å². The van der Waals surface area contributed by atoms with Gasteiger partial charge in [-0.1, -0.05) is 67.9 Å². The summed E-state index contributed by atoms with van der Waals surface area (Å²) in [6.07, 6.45) is 15.1. The number of halogens is 4. The van der Waals surface area contributed by atoms with Gasteiger partial charge in [-0.15, -0.1) is 0 Å². The first-order valence-corrected chi connectivity index (χ1v) is 41.8. The number of aryl methyl sites for hydroxylation is 3. The third kappa shape index (κ3) is 14.9. The summed E-state index contributed by atoms with van der Waals surface area (Å²) in [6, 6.07) is 61.7. The Labute approximate surface area is 710 Å². The molecule has 8 aliphatic heterocycles. The lowest BCUT2D eigenvalue weighted by Gasteiger charge is -2.45. The number of para-hydroxylation sites is 5. The molecule has 0 saturated carbocycles. The first-order valence-electron chi connectivity index (χ1n) is 41.4. The van der Waals surface area contributed by atoms with Gasteiger partial charge in [0.1, 0.15) is 45.7 Å². The molecule has 21 nitrogen and oxygen atoms in total. The lowest BCUT2D eigenvalue weighted by atomic mass is 9.81. The number of ether oxygens (including phenoxy) is 7. The minimum Gasteiger partial charge on any atom is -0.496 e. The maximum Gasteiger partial charge on any atom is 0.260 e. The van der Waals surface area contributed by atoms with Crippen LogP contribution in [0.1, 0.15) is 152 Å². The Bertz CT molecular complexity index is 6050. The van der Waals surface area contributed by atoms with Gasteiger partial charge in [0, 0.05) is 163 Å². The van der Waals surface area contributed by atoms with E-state index >= 15 is 0 Å². The molecule has 8 aliphatic rings. The maximum atomic E-state index is 14.4. The molecule has 0 unspecified atom stereocenters. The molecule has 12 aromatic rings. The molecule has 0 N–H and O–H groups in total. The summed E-state index contributed by atoms with van der Waals surface area (Å²) in [5.41, 5.74) is 11.1. The number of aromatic nitrogens is 5. The molecule has 25 heteroatoms. The number of nitrogens with zero attached hydrogens (tertiary/aromatic N) is 10. The van der Waals surface area contributed by atoms with E-state index in [1.165, 1.54) is 47.0 Å². The zero-order chi connectivity index (χ0) is 84.8. The first kappa shape index (κ1) is 81.2. The second kappa shape index (κ2) is 33.5. The highest BCUT2D eigenvalue weighted by atomic mass is 35.5. The van der Waals surface area contributed by atoms with Crippen LogP contribution >= 0.6 is 11.6 Å². The summed E-state index contributed by atoms with van der Waals surface area (Å²) in [6.45, 7) is 11.1. The van der Waals surface area contributed by atoms with E-state index in [-0.39, 0.29) is 45.8 Å². The van der Waals surface area contributed by atoms with Crippen molar-refractivity contribution in [1.82, 2.24) is 43.1 Å². The fourth-order valence-corrected chi connectivity index (χ4v) is 18.6. The van der Waals surface area contributed by atoms with Crippen LogP contribution in [0, 0.1) is 35.7 Å². The van der Waals surface area contributed by atoms with Crippen LogP contribution < -0.4 is 33.2 Å². The largest absolute Gasteiger partial charge is 0.496 e. The maximum absolute atomic E-state index is 14.4. The second-order valence-electron chi connectivity index (χ2n) is 31.9. The Morgan fingerprint density at radius 3 is 1.51 bits per heavy atom. The van der Waals surface area contributed by atoms with Crippen LogP contribution in [0.3, 0.4) is 0 Å². The fourth-order valence-electron chi connectivity index (χ4n) is 18.5. The number of benzene rings is 8. The molecule has 4 spiro atoms. The SMILES string of the molecule is CCCOc1ccc(C(=O)N2CCC3(CC2)Oc2ccccc2-n2cccc23)cc1OC.CCc1ccc(C(=O)N2CCC3(CC2)Oc2ccccc2-n2cccc23)cc1C.COc1ccc(F)c(F)c1C(=O)N1CCC2(CC1)Oc1ccccc1-c1c2cnn1C.N#Cc1ccc(C(=O)N2CCC3(CC2)Oc2cc(Cl)ccc2-n2cccc23)c(F)c1. The van der Waals surface area contributed by atoms with E-state index < -0.39 is 40.2 Å². The molecule has 0 atom stereocenters. The van der Waals surface area contributed by atoms with Crippen molar-refractivity contribution in [2.45, 2.75) is 107 Å². The third-order valence-electron chi connectivity index (χ3n) is 25.0. The Balaban J connectivity index is 0.000000116. The average molecular weight is 1670 g/mol. The number of nitriles is 1. The number of hydrogen-bond acceptors (Lipinski definition) is 13. The van der Waals surface area contributed by atoms with Crippen molar-refractivity contribution < 1.29 is 65.5 Å². The molecule has 4 aromatic heterocycles. The molecular weight excluding hydrogens is 1570 g/mol. The minimum atomic E-state index is -1.19. The molecule has 0 bridgehead atoms. The highest BCUT2D eigenvalue weighted by Gasteiger charge is 2.50. The highest BCUT2D eigenvalue weighted by Crippen LogP contribution is 2.52. The zero-order valence-corrected chi connectivity index (χ0v) is 69.5. The van der Waals surface area contributed by atoms with Crippen LogP contribution in [0.15, 0.2) is 219 Å². The first-order chi connectivity index (χ1) is 59.2. The number of hydrogen-bond donors (Lipinski definition) is 0. The summed E-state index contributed by atoms with van der Waals surface area (Å²) >= 11 is 6.18. The Morgan fingerprint density at radius 2 is 0.975 bits per heavy atom. The number of fused-ring (bicyclic) bond motifs is 16. The van der Waals surface area contributed by atoms with Crippen molar-refractivity contribution in [2.75, 3.05) is 73.2 Å². The average Bonchev–Trinajstić information content (AvgIpc) is 1.31. The molecule has 0 radical (unpaired) electrons. The van der Waals surface area contributed by atoms with Crippen molar-refractivity contribution >= 4 is 35.2 Å². The Kier molecular flexibility index (Phi) is 22.3. The van der Waals surface area contributed by atoms with Crippen molar-refractivity contribution in [3.8, 4) is 74.6 Å². The number of carbonyl (C=O) groups excluding carboxylic acids is 4. The van der Waals surface area contributed by atoms with Crippen LogP contribution in [0.5, 0.6) is 40.2 Å². The van der Waals surface area contributed by atoms with Gasteiger partial charge in [-0.25, -0.2) is 13.2 Å². The fraction of sp³-hybridized carbons (Fsp3) is 0.299. The van der Waals surface area contributed by atoms with Gasteiger partial charge in [-0.3, -0.25) is 23.9 Å². The van der Waals surface area contributed by atoms with Gasteiger partial charge in [0.25, 0.3) is 23.6 Å². The molecule has 4 amide bonds.